The van der Waals surface area contributed by atoms with Gasteiger partial charge in [0.2, 0.25) is 0 Å². The first-order valence-corrected chi connectivity index (χ1v) is 7.44. The van der Waals surface area contributed by atoms with Crippen molar-refractivity contribution in [3.8, 4) is 0 Å². The molecule has 7 heteroatoms. The number of hydrogen-bond acceptors (Lipinski definition) is 4. The Balaban J connectivity index is 2.04. The number of carboxylic acid groups (broad SMARTS) is 1. The van der Waals surface area contributed by atoms with Crippen LogP contribution in [-0.2, 0) is 16.0 Å². The summed E-state index contributed by atoms with van der Waals surface area (Å²) in [5.41, 5.74) is 0.730. The van der Waals surface area contributed by atoms with Crippen molar-refractivity contribution in [1.29, 1.82) is 0 Å². The van der Waals surface area contributed by atoms with Crippen molar-refractivity contribution >= 4 is 23.3 Å². The van der Waals surface area contributed by atoms with E-state index < -0.39 is 12.0 Å². The van der Waals surface area contributed by atoms with Crippen LogP contribution in [0.2, 0.25) is 0 Å². The van der Waals surface area contributed by atoms with Crippen molar-refractivity contribution in [1.82, 2.24) is 10.2 Å². The van der Waals surface area contributed by atoms with Crippen LogP contribution in [0.25, 0.3) is 0 Å². The molecule has 6 nitrogen and oxygen atoms in total. The van der Waals surface area contributed by atoms with Crippen molar-refractivity contribution in [2.24, 2.45) is 0 Å². The molecule has 1 aromatic heterocycles. The standard InChI is InChI=1S/C13H18N2O4S/c1-2-19-7-5-14-13(18)15-6-3-10-9(4-8-20-10)11(15)12(16)17/h4,8,11H,2-3,5-7H2,1H3,(H,14,18)(H,16,17). The third-order valence-corrected chi connectivity index (χ3v) is 4.18. The fourth-order valence-electron chi connectivity index (χ4n) is 2.28. The van der Waals surface area contributed by atoms with Crippen molar-refractivity contribution < 1.29 is 19.4 Å². The van der Waals surface area contributed by atoms with Crippen LogP contribution in [0.15, 0.2) is 11.4 Å². The van der Waals surface area contributed by atoms with Gasteiger partial charge < -0.3 is 20.1 Å². The number of nitrogens with one attached hydrogen (secondary N) is 1. The molecule has 0 saturated heterocycles. The van der Waals surface area contributed by atoms with Gasteiger partial charge in [-0.1, -0.05) is 0 Å². The molecule has 2 heterocycles. The largest absolute Gasteiger partial charge is 0.479 e. The minimum Gasteiger partial charge on any atom is -0.479 e. The van der Waals surface area contributed by atoms with Crippen LogP contribution in [0.3, 0.4) is 0 Å². The lowest BCUT2D eigenvalue weighted by molar-refractivity contribution is -0.142. The van der Waals surface area contributed by atoms with E-state index in [4.69, 9.17) is 4.74 Å². The highest BCUT2D eigenvalue weighted by molar-refractivity contribution is 7.10. The lowest BCUT2D eigenvalue weighted by Gasteiger charge is -2.33. The molecule has 1 aromatic rings. The average molecular weight is 298 g/mol. The molecule has 0 spiro atoms. The molecule has 0 saturated carbocycles. The van der Waals surface area contributed by atoms with Crippen LogP contribution in [0, 0.1) is 0 Å². The summed E-state index contributed by atoms with van der Waals surface area (Å²) in [6.07, 6.45) is 0.704. The van der Waals surface area contributed by atoms with E-state index in [0.29, 0.717) is 32.7 Å². The van der Waals surface area contributed by atoms with E-state index in [-0.39, 0.29) is 6.03 Å². The number of carboxylic acids is 1. The SMILES string of the molecule is CCOCCNC(=O)N1CCc2sccc2C1C(=O)O. The summed E-state index contributed by atoms with van der Waals surface area (Å²) in [6, 6.07) is 0.546. The first kappa shape index (κ1) is 14.8. The fourth-order valence-corrected chi connectivity index (χ4v) is 3.18. The second-order valence-electron chi connectivity index (χ2n) is 4.41. The molecular formula is C13H18N2O4S. The third-order valence-electron chi connectivity index (χ3n) is 3.19. The second kappa shape index (κ2) is 6.71. The lowest BCUT2D eigenvalue weighted by Crippen LogP contribution is -2.48. The zero-order valence-corrected chi connectivity index (χ0v) is 12.1. The van der Waals surface area contributed by atoms with Gasteiger partial charge in [-0.15, -0.1) is 11.3 Å². The predicted octanol–water partition coefficient (Wildman–Crippen LogP) is 1.48. The third kappa shape index (κ3) is 3.10. The monoisotopic (exact) mass is 298 g/mol. The van der Waals surface area contributed by atoms with Gasteiger partial charge in [0.05, 0.1) is 6.61 Å². The first-order chi connectivity index (χ1) is 9.65. The van der Waals surface area contributed by atoms with Crippen molar-refractivity contribution in [3.63, 3.8) is 0 Å². The summed E-state index contributed by atoms with van der Waals surface area (Å²) in [5, 5.41) is 14.0. The van der Waals surface area contributed by atoms with Gasteiger partial charge in [-0.2, -0.15) is 0 Å². The van der Waals surface area contributed by atoms with Gasteiger partial charge in [0.1, 0.15) is 0 Å². The van der Waals surface area contributed by atoms with Crippen molar-refractivity contribution in [2.45, 2.75) is 19.4 Å². The number of urea groups is 1. The normalized spacial score (nSPS) is 17.6. The van der Waals surface area contributed by atoms with Gasteiger partial charge in [-0.3, -0.25) is 0 Å². The molecule has 1 aliphatic heterocycles. The molecule has 0 aliphatic carbocycles. The van der Waals surface area contributed by atoms with E-state index in [1.54, 1.807) is 17.4 Å². The Labute approximate surface area is 121 Å². The van der Waals surface area contributed by atoms with E-state index >= 15 is 0 Å². The molecule has 1 atom stereocenters. The topological polar surface area (TPSA) is 78.9 Å². The number of thiophene rings is 1. The molecule has 0 aromatic carbocycles. The minimum atomic E-state index is -0.996. The molecule has 2 rings (SSSR count). The fraction of sp³-hybridized carbons (Fsp3) is 0.538. The van der Waals surface area contributed by atoms with E-state index in [1.807, 2.05) is 12.3 Å². The average Bonchev–Trinajstić information content (AvgIpc) is 2.90. The van der Waals surface area contributed by atoms with Crippen LogP contribution >= 0.6 is 11.3 Å². The maximum absolute atomic E-state index is 12.1. The predicted molar refractivity (Wildman–Crippen MR) is 75.0 cm³/mol. The molecule has 110 valence electrons. The highest BCUT2D eigenvalue weighted by Crippen LogP contribution is 2.33. The van der Waals surface area contributed by atoms with Crippen molar-refractivity contribution in [2.75, 3.05) is 26.3 Å². The van der Waals surface area contributed by atoms with E-state index in [0.717, 1.165) is 10.4 Å². The summed E-state index contributed by atoms with van der Waals surface area (Å²) in [7, 11) is 0. The van der Waals surface area contributed by atoms with Crippen molar-refractivity contribution in [3.05, 3.63) is 21.9 Å². The summed E-state index contributed by atoms with van der Waals surface area (Å²) >= 11 is 1.54. The van der Waals surface area contributed by atoms with Gasteiger partial charge in [0.15, 0.2) is 6.04 Å². The highest BCUT2D eigenvalue weighted by atomic mass is 32.1. The Morgan fingerprint density at radius 2 is 2.40 bits per heavy atom. The highest BCUT2D eigenvalue weighted by Gasteiger charge is 2.36. The number of ether oxygens (including phenoxy) is 1. The molecule has 0 bridgehead atoms. The molecular weight excluding hydrogens is 280 g/mol. The number of aliphatic carboxylic acids is 1. The van der Waals surface area contributed by atoms with Crippen LogP contribution in [0.1, 0.15) is 23.4 Å². The van der Waals surface area contributed by atoms with Gasteiger partial charge >= 0.3 is 12.0 Å². The number of carbonyl (C=O) groups excluding carboxylic acids is 1. The van der Waals surface area contributed by atoms with E-state index in [9.17, 15) is 14.7 Å². The summed E-state index contributed by atoms with van der Waals surface area (Å²) < 4.78 is 5.14. The Kier molecular flexibility index (Phi) is 4.97. The van der Waals surface area contributed by atoms with Gasteiger partial charge in [0, 0.05) is 24.6 Å². The van der Waals surface area contributed by atoms with Gasteiger partial charge in [-0.05, 0) is 30.4 Å². The molecule has 2 N–H and O–H groups in total. The molecule has 2 amide bonds. The molecule has 0 fully saturated rings. The van der Waals surface area contributed by atoms with Crippen LogP contribution in [0.5, 0.6) is 0 Å². The van der Waals surface area contributed by atoms with Crippen LogP contribution < -0.4 is 5.32 Å². The summed E-state index contributed by atoms with van der Waals surface area (Å²) in [5.74, 6) is -0.996. The quantitative estimate of drug-likeness (QED) is 0.807. The minimum absolute atomic E-state index is 0.353. The number of hydrogen-bond donors (Lipinski definition) is 2. The Morgan fingerprint density at radius 3 is 3.10 bits per heavy atom. The zero-order chi connectivity index (χ0) is 14.5. The summed E-state index contributed by atoms with van der Waals surface area (Å²) in [4.78, 5) is 26.0. The molecule has 20 heavy (non-hydrogen) atoms. The van der Waals surface area contributed by atoms with Crippen LogP contribution in [-0.4, -0.2) is 48.3 Å². The molecule has 1 unspecified atom stereocenters. The Morgan fingerprint density at radius 1 is 1.60 bits per heavy atom. The number of rotatable bonds is 5. The number of fused-ring (bicyclic) bond motifs is 1. The number of nitrogens with zero attached hydrogens (tertiary/aromatic N) is 1. The Bertz CT molecular complexity index is 488. The smallest absolute Gasteiger partial charge is 0.331 e. The number of amides is 2. The lowest BCUT2D eigenvalue weighted by atomic mass is 10.0. The van der Waals surface area contributed by atoms with E-state index in [2.05, 4.69) is 5.32 Å². The maximum atomic E-state index is 12.1. The van der Waals surface area contributed by atoms with Gasteiger partial charge in [0.25, 0.3) is 0 Å². The number of carbonyl (C=O) groups is 2. The molecule has 1 aliphatic rings. The maximum Gasteiger partial charge on any atom is 0.331 e. The van der Waals surface area contributed by atoms with Gasteiger partial charge in [-0.25, -0.2) is 9.59 Å². The van der Waals surface area contributed by atoms with E-state index in [1.165, 1.54) is 4.90 Å². The second-order valence-corrected chi connectivity index (χ2v) is 5.41. The molecule has 0 radical (unpaired) electrons. The summed E-state index contributed by atoms with van der Waals surface area (Å²) in [6.45, 7) is 3.70. The Hall–Kier alpha value is -1.60. The first-order valence-electron chi connectivity index (χ1n) is 6.56. The zero-order valence-electron chi connectivity index (χ0n) is 11.3. The van der Waals surface area contributed by atoms with Crippen LogP contribution in [0.4, 0.5) is 4.79 Å².